The number of hydrogen-bond donors (Lipinski definition) is 0. The van der Waals surface area contributed by atoms with Crippen molar-refractivity contribution in [3.05, 3.63) is 157 Å². The second-order valence-electron chi connectivity index (χ2n) is 10.1. The van der Waals surface area contributed by atoms with Crippen molar-refractivity contribution in [1.29, 1.82) is 0 Å². The topological polar surface area (TPSA) is 35.6 Å². The van der Waals surface area contributed by atoms with Crippen LogP contribution in [0.4, 0.5) is 0 Å². The first kappa shape index (κ1) is 24.6. The number of nitrogens with zero attached hydrogens (tertiary/aromatic N) is 4. The molecule has 0 amide bonds. The van der Waals surface area contributed by atoms with Crippen LogP contribution in [0.3, 0.4) is 0 Å². The van der Waals surface area contributed by atoms with Gasteiger partial charge in [-0.25, -0.2) is 9.67 Å². The highest BCUT2D eigenvalue weighted by Crippen LogP contribution is 2.41. The van der Waals surface area contributed by atoms with Crippen molar-refractivity contribution in [3.8, 4) is 56.5 Å². The second-order valence-corrected chi connectivity index (χ2v) is 10.1. The molecule has 7 rings (SSSR count). The van der Waals surface area contributed by atoms with Gasteiger partial charge in [-0.3, -0.25) is 4.57 Å². The van der Waals surface area contributed by atoms with Crippen molar-refractivity contribution in [2.75, 3.05) is 0 Å². The van der Waals surface area contributed by atoms with Gasteiger partial charge in [-0.2, -0.15) is 5.10 Å². The van der Waals surface area contributed by atoms with Crippen molar-refractivity contribution in [2.45, 2.75) is 6.92 Å². The molecular weight excluding hydrogens is 500 g/mol. The van der Waals surface area contributed by atoms with Gasteiger partial charge in [0.15, 0.2) is 0 Å². The first-order valence-corrected chi connectivity index (χ1v) is 13.8. The van der Waals surface area contributed by atoms with Crippen molar-refractivity contribution in [3.63, 3.8) is 0 Å². The zero-order valence-electron chi connectivity index (χ0n) is 22.7. The third-order valence-corrected chi connectivity index (χ3v) is 7.29. The van der Waals surface area contributed by atoms with Crippen LogP contribution in [0.25, 0.3) is 56.5 Å². The van der Waals surface area contributed by atoms with E-state index in [1.54, 1.807) is 0 Å². The van der Waals surface area contributed by atoms with Gasteiger partial charge >= 0.3 is 0 Å². The van der Waals surface area contributed by atoms with Gasteiger partial charge in [0.1, 0.15) is 11.5 Å². The summed E-state index contributed by atoms with van der Waals surface area (Å²) in [6.45, 7) is 2.10. The summed E-state index contributed by atoms with van der Waals surface area (Å²) in [6, 6.07) is 50.2. The summed E-state index contributed by atoms with van der Waals surface area (Å²) in [5, 5.41) is 5.14. The summed E-state index contributed by atoms with van der Waals surface area (Å²) in [6.07, 6.45) is 2.11. The van der Waals surface area contributed by atoms with E-state index in [4.69, 9.17) is 10.1 Å². The Kier molecular flexibility index (Phi) is 6.34. The van der Waals surface area contributed by atoms with Gasteiger partial charge < -0.3 is 0 Å². The quantitative estimate of drug-likeness (QED) is 0.216. The Morgan fingerprint density at radius 1 is 0.488 bits per heavy atom. The van der Waals surface area contributed by atoms with E-state index in [9.17, 15) is 0 Å². The zero-order valence-corrected chi connectivity index (χ0v) is 22.7. The molecule has 0 N–H and O–H groups in total. The monoisotopic (exact) mass is 528 g/mol. The van der Waals surface area contributed by atoms with Crippen molar-refractivity contribution in [1.82, 2.24) is 19.3 Å². The van der Waals surface area contributed by atoms with Gasteiger partial charge in [0.05, 0.1) is 22.6 Å². The highest BCUT2D eigenvalue weighted by Gasteiger charge is 2.26. The number of rotatable bonds is 6. The molecular formula is C37H28N4. The Labute approximate surface area is 239 Å². The van der Waals surface area contributed by atoms with Gasteiger partial charge in [-0.15, -0.1) is 0 Å². The molecule has 0 bridgehead atoms. The molecule has 0 aliphatic heterocycles. The Hall–Kier alpha value is -5.48. The first-order chi connectivity index (χ1) is 20.3. The summed E-state index contributed by atoms with van der Waals surface area (Å²) in [4.78, 5) is 5.42. The highest BCUT2D eigenvalue weighted by atomic mass is 15.3. The van der Waals surface area contributed by atoms with Crippen LogP contribution < -0.4 is 0 Å². The molecule has 196 valence electrons. The van der Waals surface area contributed by atoms with E-state index < -0.39 is 0 Å². The van der Waals surface area contributed by atoms with E-state index in [1.807, 2.05) is 35.0 Å². The molecule has 0 atom stereocenters. The largest absolute Gasteiger partial charge is 0.292 e. The van der Waals surface area contributed by atoms with Crippen molar-refractivity contribution < 1.29 is 0 Å². The van der Waals surface area contributed by atoms with Crippen LogP contribution in [-0.4, -0.2) is 19.3 Å². The Bertz CT molecular complexity index is 1900. The van der Waals surface area contributed by atoms with Crippen LogP contribution in [0.5, 0.6) is 0 Å². The molecule has 0 radical (unpaired) electrons. The van der Waals surface area contributed by atoms with Crippen LogP contribution in [-0.2, 0) is 0 Å². The van der Waals surface area contributed by atoms with E-state index in [1.165, 1.54) is 5.56 Å². The number of imidazole rings is 1. The number of aromatic nitrogens is 4. The lowest BCUT2D eigenvalue weighted by Gasteiger charge is -2.13. The standard InChI is InChI=1S/C37H28N4/c1-27-22-24-29(25-23-27)34-33(26-40(39-34)31-18-10-4-11-19-31)37-38-35(28-14-6-2-7-15-28)36(30-16-8-3-9-17-30)41(37)32-20-12-5-13-21-32/h2-26H,1H3. The predicted octanol–water partition coefficient (Wildman–Crippen LogP) is 9.03. The van der Waals surface area contributed by atoms with Crippen LogP contribution in [0, 0.1) is 6.92 Å². The lowest BCUT2D eigenvalue weighted by atomic mass is 10.0. The van der Waals surface area contributed by atoms with E-state index >= 15 is 0 Å². The molecule has 41 heavy (non-hydrogen) atoms. The lowest BCUT2D eigenvalue weighted by molar-refractivity contribution is 0.884. The molecule has 0 fully saturated rings. The number of aryl methyl sites for hydroxylation is 1. The molecule has 0 saturated carbocycles. The summed E-state index contributed by atoms with van der Waals surface area (Å²) >= 11 is 0. The summed E-state index contributed by atoms with van der Waals surface area (Å²) < 4.78 is 4.24. The molecule has 0 aliphatic rings. The van der Waals surface area contributed by atoms with Gasteiger partial charge in [0.25, 0.3) is 0 Å². The average Bonchev–Trinajstić information content (AvgIpc) is 3.66. The third-order valence-electron chi connectivity index (χ3n) is 7.29. The van der Waals surface area contributed by atoms with Gasteiger partial charge in [0.2, 0.25) is 0 Å². The molecule has 0 aliphatic carbocycles. The van der Waals surface area contributed by atoms with Crippen molar-refractivity contribution >= 4 is 0 Å². The van der Waals surface area contributed by atoms with E-state index in [-0.39, 0.29) is 0 Å². The normalized spacial score (nSPS) is 11.0. The SMILES string of the molecule is Cc1ccc(-c2nn(-c3ccccc3)cc2-c2nc(-c3ccccc3)c(-c3ccccc3)n2-c2ccccc2)cc1. The molecule has 2 heterocycles. The van der Waals surface area contributed by atoms with Gasteiger partial charge in [-0.1, -0.05) is 127 Å². The smallest absolute Gasteiger partial charge is 0.149 e. The fraction of sp³-hybridized carbons (Fsp3) is 0.0270. The molecule has 0 unspecified atom stereocenters. The van der Waals surface area contributed by atoms with Crippen molar-refractivity contribution in [2.24, 2.45) is 0 Å². The summed E-state index contributed by atoms with van der Waals surface area (Å²) in [7, 11) is 0. The van der Waals surface area contributed by atoms with Crippen LogP contribution in [0.2, 0.25) is 0 Å². The van der Waals surface area contributed by atoms with Crippen LogP contribution in [0.15, 0.2) is 152 Å². The average molecular weight is 529 g/mol. The van der Waals surface area contributed by atoms with Gasteiger partial charge in [-0.05, 0) is 31.2 Å². The Morgan fingerprint density at radius 3 is 1.61 bits per heavy atom. The fourth-order valence-electron chi connectivity index (χ4n) is 5.26. The van der Waals surface area contributed by atoms with E-state index in [0.29, 0.717) is 0 Å². The lowest BCUT2D eigenvalue weighted by Crippen LogP contribution is -2.00. The molecule has 7 aromatic rings. The molecule has 0 saturated heterocycles. The molecule has 4 heteroatoms. The zero-order chi connectivity index (χ0) is 27.6. The Morgan fingerprint density at radius 2 is 1.00 bits per heavy atom. The maximum absolute atomic E-state index is 5.42. The van der Waals surface area contributed by atoms with E-state index in [0.717, 1.165) is 56.5 Å². The summed E-state index contributed by atoms with van der Waals surface area (Å²) in [5.74, 6) is 0.840. The Balaban J connectivity index is 1.58. The second kappa shape index (κ2) is 10.6. The van der Waals surface area contributed by atoms with E-state index in [2.05, 4.69) is 133 Å². The summed E-state index contributed by atoms with van der Waals surface area (Å²) in [5.41, 5.74) is 10.3. The number of benzene rings is 5. The van der Waals surface area contributed by atoms with Crippen LogP contribution >= 0.6 is 0 Å². The minimum atomic E-state index is 0.840. The fourth-order valence-corrected chi connectivity index (χ4v) is 5.26. The molecule has 4 nitrogen and oxygen atoms in total. The highest BCUT2D eigenvalue weighted by molar-refractivity contribution is 5.87. The maximum atomic E-state index is 5.42. The first-order valence-electron chi connectivity index (χ1n) is 13.8. The minimum absolute atomic E-state index is 0.840. The predicted molar refractivity (Wildman–Crippen MR) is 167 cm³/mol. The number of para-hydroxylation sites is 2. The third kappa shape index (κ3) is 4.66. The minimum Gasteiger partial charge on any atom is -0.292 e. The van der Waals surface area contributed by atoms with Crippen LogP contribution in [0.1, 0.15) is 5.56 Å². The molecule has 5 aromatic carbocycles. The molecule has 2 aromatic heterocycles. The molecule has 0 spiro atoms. The van der Waals surface area contributed by atoms with Gasteiger partial charge in [0, 0.05) is 28.6 Å². The number of hydrogen-bond acceptors (Lipinski definition) is 2. The maximum Gasteiger partial charge on any atom is 0.149 e.